The second kappa shape index (κ2) is 10.8. The van der Waals surface area contributed by atoms with Crippen LogP contribution in [0.2, 0.25) is 0 Å². The lowest BCUT2D eigenvalue weighted by Gasteiger charge is -2.41. The Morgan fingerprint density at radius 1 is 1.05 bits per heavy atom. The van der Waals surface area contributed by atoms with Gasteiger partial charge in [-0.05, 0) is 65.8 Å². The van der Waals surface area contributed by atoms with Crippen molar-refractivity contribution in [3.05, 3.63) is 94.3 Å². The smallest absolute Gasteiger partial charge is 0.419 e. The molecule has 1 aliphatic rings. The number of methoxy groups -OCH3 is 2. The van der Waals surface area contributed by atoms with Gasteiger partial charge < -0.3 is 15.2 Å². The van der Waals surface area contributed by atoms with Gasteiger partial charge in [0.1, 0.15) is 11.9 Å². The van der Waals surface area contributed by atoms with E-state index in [1.165, 1.54) is 13.2 Å². The molecule has 1 amide bonds. The highest BCUT2D eigenvalue weighted by Crippen LogP contribution is 2.43. The van der Waals surface area contributed by atoms with Crippen LogP contribution in [0.3, 0.4) is 0 Å². The maximum Gasteiger partial charge on any atom is 0.419 e. The zero-order valence-corrected chi connectivity index (χ0v) is 20.5. The minimum Gasteiger partial charge on any atom is -0.493 e. The molecule has 196 valence electrons. The zero-order valence-electron chi connectivity index (χ0n) is 20.5. The summed E-state index contributed by atoms with van der Waals surface area (Å²) in [6.07, 6.45) is -3.60. The van der Waals surface area contributed by atoms with Crippen molar-refractivity contribution in [3.8, 4) is 11.5 Å². The fourth-order valence-electron chi connectivity index (χ4n) is 5.08. The molecule has 0 saturated carbocycles. The van der Waals surface area contributed by atoms with Gasteiger partial charge in [0.05, 0.1) is 19.8 Å². The Bertz CT molecular complexity index is 1260. The standard InChI is InChI=1S/C28H28F4N2O3/c1-36-24-15-19-12-13-34(26(27(33)35)18-6-4-3-5-7-18)23(20(19)16-25(24)37-2)11-9-17-8-10-22(29)21(14-17)28(30,31)32/h3-8,10,14-16,23,26H,9,11-13H2,1-2H3,(H2,33,35). The van der Waals surface area contributed by atoms with Crippen molar-refractivity contribution in [1.82, 2.24) is 4.90 Å². The van der Waals surface area contributed by atoms with Crippen LogP contribution in [0.4, 0.5) is 17.6 Å². The molecule has 0 spiro atoms. The number of ether oxygens (including phenoxy) is 2. The first-order chi connectivity index (χ1) is 17.6. The van der Waals surface area contributed by atoms with Gasteiger partial charge >= 0.3 is 6.18 Å². The molecule has 5 nitrogen and oxygen atoms in total. The lowest BCUT2D eigenvalue weighted by Crippen LogP contribution is -2.44. The molecule has 1 heterocycles. The van der Waals surface area contributed by atoms with Gasteiger partial charge in [-0.2, -0.15) is 13.2 Å². The number of rotatable bonds is 8. The third-order valence-electron chi connectivity index (χ3n) is 6.80. The van der Waals surface area contributed by atoms with Crippen LogP contribution in [-0.2, 0) is 23.8 Å². The van der Waals surface area contributed by atoms with Crippen molar-refractivity contribution in [2.75, 3.05) is 20.8 Å². The van der Waals surface area contributed by atoms with E-state index in [-0.39, 0.29) is 12.5 Å². The van der Waals surface area contributed by atoms with Gasteiger partial charge in [0.15, 0.2) is 11.5 Å². The fourth-order valence-corrected chi connectivity index (χ4v) is 5.08. The number of halogens is 4. The van der Waals surface area contributed by atoms with E-state index >= 15 is 0 Å². The monoisotopic (exact) mass is 516 g/mol. The van der Waals surface area contributed by atoms with Crippen LogP contribution < -0.4 is 15.2 Å². The summed E-state index contributed by atoms with van der Waals surface area (Å²) in [5.74, 6) is -0.766. The van der Waals surface area contributed by atoms with Crippen LogP contribution in [0, 0.1) is 5.82 Å². The first kappa shape index (κ1) is 26.5. The normalized spacial score (nSPS) is 16.6. The first-order valence-corrected chi connectivity index (χ1v) is 11.8. The molecule has 2 unspecified atom stereocenters. The Hall–Kier alpha value is -3.59. The van der Waals surface area contributed by atoms with Crippen LogP contribution >= 0.6 is 0 Å². The number of alkyl halides is 3. The van der Waals surface area contributed by atoms with Gasteiger partial charge in [-0.15, -0.1) is 0 Å². The van der Waals surface area contributed by atoms with Gasteiger partial charge in [0, 0.05) is 12.6 Å². The van der Waals surface area contributed by atoms with E-state index in [9.17, 15) is 22.4 Å². The van der Waals surface area contributed by atoms with Crippen LogP contribution in [0.5, 0.6) is 11.5 Å². The number of benzene rings is 3. The molecule has 0 aromatic heterocycles. The van der Waals surface area contributed by atoms with E-state index in [2.05, 4.69) is 0 Å². The quantitative estimate of drug-likeness (QED) is 0.395. The summed E-state index contributed by atoms with van der Waals surface area (Å²) in [4.78, 5) is 14.7. The summed E-state index contributed by atoms with van der Waals surface area (Å²) in [6.45, 7) is 0.493. The summed E-state index contributed by atoms with van der Waals surface area (Å²) in [6, 6.07) is 14.8. The molecular formula is C28H28F4N2O3. The fraction of sp³-hybridized carbons (Fsp3) is 0.321. The Kier molecular flexibility index (Phi) is 7.73. The van der Waals surface area contributed by atoms with Crippen molar-refractivity contribution < 1.29 is 31.8 Å². The minimum absolute atomic E-state index is 0.221. The highest BCUT2D eigenvalue weighted by molar-refractivity contribution is 5.81. The molecule has 0 radical (unpaired) electrons. The molecule has 0 aliphatic carbocycles. The van der Waals surface area contributed by atoms with E-state index in [1.54, 1.807) is 7.11 Å². The van der Waals surface area contributed by atoms with Gasteiger partial charge in [-0.25, -0.2) is 4.39 Å². The van der Waals surface area contributed by atoms with E-state index in [1.807, 2.05) is 47.4 Å². The van der Waals surface area contributed by atoms with E-state index in [4.69, 9.17) is 15.2 Å². The lowest BCUT2D eigenvalue weighted by atomic mass is 9.86. The third-order valence-corrected chi connectivity index (χ3v) is 6.80. The largest absolute Gasteiger partial charge is 0.493 e. The summed E-state index contributed by atoms with van der Waals surface area (Å²) < 4.78 is 64.7. The van der Waals surface area contributed by atoms with Crippen molar-refractivity contribution in [3.63, 3.8) is 0 Å². The van der Waals surface area contributed by atoms with Gasteiger partial charge in [0.25, 0.3) is 0 Å². The molecule has 37 heavy (non-hydrogen) atoms. The summed E-state index contributed by atoms with van der Waals surface area (Å²) in [5, 5.41) is 0. The van der Waals surface area contributed by atoms with Crippen molar-refractivity contribution in [2.45, 2.75) is 37.5 Å². The predicted octanol–water partition coefficient (Wildman–Crippen LogP) is 5.62. The topological polar surface area (TPSA) is 64.8 Å². The Labute approximate surface area is 212 Å². The summed E-state index contributed by atoms with van der Waals surface area (Å²) in [7, 11) is 3.06. The van der Waals surface area contributed by atoms with Gasteiger partial charge in [-0.1, -0.05) is 36.4 Å². The highest BCUT2D eigenvalue weighted by atomic mass is 19.4. The molecule has 0 fully saturated rings. The SMILES string of the molecule is COc1cc2c(cc1OC)C(CCc1ccc(F)c(C(F)(F)F)c1)N(C(C(N)=O)c1ccccc1)CC2. The number of primary amides is 1. The molecule has 1 aliphatic heterocycles. The van der Waals surface area contributed by atoms with E-state index < -0.39 is 29.5 Å². The number of hydrogen-bond acceptors (Lipinski definition) is 4. The second-order valence-electron chi connectivity index (χ2n) is 8.98. The summed E-state index contributed by atoms with van der Waals surface area (Å²) in [5.41, 5.74) is 7.53. The zero-order chi connectivity index (χ0) is 26.7. The maximum absolute atomic E-state index is 13.9. The Balaban J connectivity index is 1.76. The number of hydrogen-bond donors (Lipinski definition) is 1. The number of carbonyl (C=O) groups excluding carboxylic acids is 1. The number of aryl methyl sites for hydroxylation is 1. The number of nitrogens with two attached hydrogens (primary N) is 1. The molecule has 2 atom stereocenters. The first-order valence-electron chi connectivity index (χ1n) is 11.8. The number of carbonyl (C=O) groups is 1. The van der Waals surface area contributed by atoms with Crippen molar-refractivity contribution in [2.24, 2.45) is 5.73 Å². The third kappa shape index (κ3) is 5.56. The average molecular weight is 517 g/mol. The molecule has 2 N–H and O–H groups in total. The average Bonchev–Trinajstić information content (AvgIpc) is 2.87. The second-order valence-corrected chi connectivity index (χ2v) is 8.98. The van der Waals surface area contributed by atoms with E-state index in [0.717, 1.165) is 28.8 Å². The molecule has 9 heteroatoms. The number of nitrogens with zero attached hydrogens (tertiary/aromatic N) is 1. The molecule has 3 aromatic carbocycles. The minimum atomic E-state index is -4.79. The van der Waals surface area contributed by atoms with Crippen molar-refractivity contribution >= 4 is 5.91 Å². The van der Waals surface area contributed by atoms with Crippen LogP contribution in [0.15, 0.2) is 60.7 Å². The van der Waals surface area contributed by atoms with E-state index in [0.29, 0.717) is 36.4 Å². The molecular weight excluding hydrogens is 488 g/mol. The van der Waals surface area contributed by atoms with Crippen LogP contribution in [-0.4, -0.2) is 31.6 Å². The van der Waals surface area contributed by atoms with Gasteiger partial charge in [0.2, 0.25) is 5.91 Å². The highest BCUT2D eigenvalue weighted by Gasteiger charge is 2.37. The maximum atomic E-state index is 13.9. The van der Waals surface area contributed by atoms with Crippen LogP contribution in [0.1, 0.15) is 46.3 Å². The molecule has 4 rings (SSSR count). The lowest BCUT2D eigenvalue weighted by molar-refractivity contribution is -0.140. The molecule has 0 saturated heterocycles. The predicted molar refractivity (Wildman–Crippen MR) is 131 cm³/mol. The number of fused-ring (bicyclic) bond motifs is 1. The van der Waals surface area contributed by atoms with Crippen molar-refractivity contribution in [1.29, 1.82) is 0 Å². The Morgan fingerprint density at radius 2 is 1.73 bits per heavy atom. The van der Waals surface area contributed by atoms with Crippen LogP contribution in [0.25, 0.3) is 0 Å². The molecule has 0 bridgehead atoms. The summed E-state index contributed by atoms with van der Waals surface area (Å²) >= 11 is 0. The molecule has 3 aromatic rings. The number of amides is 1. The van der Waals surface area contributed by atoms with Gasteiger partial charge in [-0.3, -0.25) is 9.69 Å². The Morgan fingerprint density at radius 3 is 2.35 bits per heavy atom.